The molecule has 0 spiro atoms. The number of likely N-dealkylation sites (N-methyl/N-ethyl adjacent to an activating group) is 1. The highest BCUT2D eigenvalue weighted by Crippen LogP contribution is 2.47. The lowest BCUT2D eigenvalue weighted by Gasteiger charge is -2.33. The van der Waals surface area contributed by atoms with Crippen LogP contribution < -0.4 is 4.90 Å². The van der Waals surface area contributed by atoms with Crippen molar-refractivity contribution in [1.29, 1.82) is 0 Å². The van der Waals surface area contributed by atoms with E-state index in [1.165, 1.54) is 26.7 Å². The second-order valence-electron chi connectivity index (χ2n) is 7.08. The molecule has 3 aromatic rings. The van der Waals surface area contributed by atoms with Crippen LogP contribution >= 0.6 is 11.8 Å². The number of rotatable bonds is 7. The molecule has 0 saturated carbocycles. The zero-order valence-electron chi connectivity index (χ0n) is 15.8. The van der Waals surface area contributed by atoms with Crippen molar-refractivity contribution in [2.75, 3.05) is 31.6 Å². The Bertz CT molecular complexity index is 833. The van der Waals surface area contributed by atoms with Gasteiger partial charge in [-0.3, -0.25) is 0 Å². The second-order valence-corrected chi connectivity index (χ2v) is 8.17. The van der Waals surface area contributed by atoms with Gasteiger partial charge in [0.25, 0.3) is 0 Å². The third-order valence-corrected chi connectivity index (χ3v) is 6.21. The molecule has 3 aromatic carbocycles. The van der Waals surface area contributed by atoms with Gasteiger partial charge in [0.15, 0.2) is 0 Å². The molecule has 0 bridgehead atoms. The molecule has 2 nitrogen and oxygen atoms in total. The standard InChI is InChI=1S/C24H26N2S/c1-25(19-16-20-10-3-2-4-11-20)17-9-18-26-21-12-5-7-14-23(21)27-24-15-8-6-13-22(24)26/h2-8,10-15H,9,16-19H2,1H3. The molecule has 0 unspecified atom stereocenters. The Balaban J connectivity index is 1.37. The van der Waals surface area contributed by atoms with E-state index < -0.39 is 0 Å². The van der Waals surface area contributed by atoms with Crippen LogP contribution in [0.2, 0.25) is 0 Å². The van der Waals surface area contributed by atoms with Crippen LogP contribution in [0.15, 0.2) is 88.7 Å². The second kappa shape index (κ2) is 8.64. The van der Waals surface area contributed by atoms with E-state index in [1.54, 1.807) is 0 Å². The van der Waals surface area contributed by atoms with Gasteiger partial charge in [0, 0.05) is 22.9 Å². The molecule has 1 aliphatic heterocycles. The summed E-state index contributed by atoms with van der Waals surface area (Å²) in [5, 5.41) is 0. The third-order valence-electron chi connectivity index (χ3n) is 5.08. The Hall–Kier alpha value is -2.23. The molecule has 1 aliphatic rings. The lowest BCUT2D eigenvalue weighted by atomic mass is 10.1. The Morgan fingerprint density at radius 1 is 0.741 bits per heavy atom. The van der Waals surface area contributed by atoms with Crippen molar-refractivity contribution in [2.24, 2.45) is 0 Å². The van der Waals surface area contributed by atoms with Crippen LogP contribution in [0.25, 0.3) is 0 Å². The molecule has 27 heavy (non-hydrogen) atoms. The fourth-order valence-electron chi connectivity index (χ4n) is 3.60. The number of para-hydroxylation sites is 2. The lowest BCUT2D eigenvalue weighted by Crippen LogP contribution is -2.28. The van der Waals surface area contributed by atoms with Crippen LogP contribution in [-0.4, -0.2) is 31.6 Å². The number of fused-ring (bicyclic) bond motifs is 2. The predicted molar refractivity (Wildman–Crippen MR) is 116 cm³/mol. The number of hydrogen-bond acceptors (Lipinski definition) is 3. The maximum atomic E-state index is 2.49. The summed E-state index contributed by atoms with van der Waals surface area (Å²) < 4.78 is 0. The van der Waals surface area contributed by atoms with Gasteiger partial charge in [-0.1, -0.05) is 66.4 Å². The van der Waals surface area contributed by atoms with Gasteiger partial charge in [-0.2, -0.15) is 0 Å². The van der Waals surface area contributed by atoms with Crippen LogP contribution in [0.4, 0.5) is 11.4 Å². The van der Waals surface area contributed by atoms with Crippen molar-refractivity contribution in [3.05, 3.63) is 84.4 Å². The van der Waals surface area contributed by atoms with Gasteiger partial charge < -0.3 is 9.80 Å². The minimum Gasteiger partial charge on any atom is -0.340 e. The van der Waals surface area contributed by atoms with Gasteiger partial charge in [-0.25, -0.2) is 0 Å². The molecule has 3 heteroatoms. The minimum absolute atomic E-state index is 1.05. The molecule has 0 saturated heterocycles. The Morgan fingerprint density at radius 3 is 2.00 bits per heavy atom. The average Bonchev–Trinajstić information content (AvgIpc) is 2.72. The molecule has 4 rings (SSSR count). The van der Waals surface area contributed by atoms with Crippen molar-refractivity contribution in [3.8, 4) is 0 Å². The summed E-state index contributed by atoms with van der Waals surface area (Å²) in [4.78, 5) is 7.65. The van der Waals surface area contributed by atoms with Gasteiger partial charge in [-0.15, -0.1) is 0 Å². The molecule has 0 aliphatic carbocycles. The summed E-state index contributed by atoms with van der Waals surface area (Å²) in [5.41, 5.74) is 4.10. The highest BCUT2D eigenvalue weighted by molar-refractivity contribution is 7.99. The lowest BCUT2D eigenvalue weighted by molar-refractivity contribution is 0.335. The Kier molecular flexibility index (Phi) is 5.81. The normalized spacial score (nSPS) is 12.7. The summed E-state index contributed by atoms with van der Waals surface area (Å²) >= 11 is 1.88. The van der Waals surface area contributed by atoms with Crippen LogP contribution in [0.1, 0.15) is 12.0 Å². The highest BCUT2D eigenvalue weighted by Gasteiger charge is 2.22. The third kappa shape index (κ3) is 4.37. The van der Waals surface area contributed by atoms with Crippen molar-refractivity contribution < 1.29 is 0 Å². The van der Waals surface area contributed by atoms with E-state index in [9.17, 15) is 0 Å². The van der Waals surface area contributed by atoms with E-state index in [0.29, 0.717) is 0 Å². The van der Waals surface area contributed by atoms with Gasteiger partial charge in [0.05, 0.1) is 11.4 Å². The fourth-order valence-corrected chi connectivity index (χ4v) is 4.69. The van der Waals surface area contributed by atoms with Crippen LogP contribution in [0, 0.1) is 0 Å². The zero-order chi connectivity index (χ0) is 18.5. The molecular weight excluding hydrogens is 348 g/mol. The zero-order valence-corrected chi connectivity index (χ0v) is 16.7. The van der Waals surface area contributed by atoms with E-state index >= 15 is 0 Å². The maximum absolute atomic E-state index is 2.49. The molecule has 138 valence electrons. The topological polar surface area (TPSA) is 6.48 Å². The van der Waals surface area contributed by atoms with Gasteiger partial charge >= 0.3 is 0 Å². The van der Waals surface area contributed by atoms with E-state index in [-0.39, 0.29) is 0 Å². The largest absolute Gasteiger partial charge is 0.340 e. The van der Waals surface area contributed by atoms with Crippen LogP contribution in [-0.2, 0) is 6.42 Å². The van der Waals surface area contributed by atoms with E-state index in [1.807, 2.05) is 11.8 Å². The SMILES string of the molecule is CN(CCCN1c2ccccc2Sc2ccccc21)CCc1ccccc1. The molecule has 1 heterocycles. The van der Waals surface area contributed by atoms with E-state index in [0.717, 1.165) is 32.5 Å². The van der Waals surface area contributed by atoms with Gasteiger partial charge in [0.1, 0.15) is 0 Å². The minimum atomic E-state index is 1.05. The molecular formula is C24H26N2S. The monoisotopic (exact) mass is 374 g/mol. The summed E-state index contributed by atoms with van der Waals surface area (Å²) in [5.74, 6) is 0. The smallest absolute Gasteiger partial charge is 0.0552 e. The molecule has 0 amide bonds. The number of anilines is 2. The predicted octanol–water partition coefficient (Wildman–Crippen LogP) is 5.85. The summed E-state index contributed by atoms with van der Waals surface area (Å²) in [6.07, 6.45) is 2.27. The van der Waals surface area contributed by atoms with E-state index in [2.05, 4.69) is 95.7 Å². The van der Waals surface area contributed by atoms with E-state index in [4.69, 9.17) is 0 Å². The molecule has 0 N–H and O–H groups in total. The Morgan fingerprint density at radius 2 is 1.33 bits per heavy atom. The summed E-state index contributed by atoms with van der Waals surface area (Å²) in [6.45, 7) is 3.26. The quantitative estimate of drug-likeness (QED) is 0.512. The maximum Gasteiger partial charge on any atom is 0.0552 e. The highest BCUT2D eigenvalue weighted by atomic mass is 32.2. The summed E-state index contributed by atoms with van der Waals surface area (Å²) in [6, 6.07) is 28.3. The van der Waals surface area contributed by atoms with Crippen molar-refractivity contribution in [1.82, 2.24) is 4.90 Å². The van der Waals surface area contributed by atoms with Crippen LogP contribution in [0.3, 0.4) is 0 Å². The summed E-state index contributed by atoms with van der Waals surface area (Å²) in [7, 11) is 2.23. The van der Waals surface area contributed by atoms with Crippen molar-refractivity contribution in [2.45, 2.75) is 22.6 Å². The number of hydrogen-bond donors (Lipinski definition) is 0. The number of benzene rings is 3. The first kappa shape index (κ1) is 18.1. The van der Waals surface area contributed by atoms with Crippen LogP contribution in [0.5, 0.6) is 0 Å². The number of nitrogens with zero attached hydrogens (tertiary/aromatic N) is 2. The van der Waals surface area contributed by atoms with Crippen molar-refractivity contribution >= 4 is 23.1 Å². The van der Waals surface area contributed by atoms with Gasteiger partial charge in [0.2, 0.25) is 0 Å². The molecule has 0 fully saturated rings. The first-order valence-corrected chi connectivity index (χ1v) is 10.5. The molecule has 0 radical (unpaired) electrons. The fraction of sp³-hybridized carbons (Fsp3) is 0.250. The Labute approximate surface area is 166 Å². The molecule has 0 atom stereocenters. The van der Waals surface area contributed by atoms with Crippen molar-refractivity contribution in [3.63, 3.8) is 0 Å². The molecule has 0 aromatic heterocycles. The first-order chi connectivity index (χ1) is 13.3. The first-order valence-electron chi connectivity index (χ1n) is 9.67. The van der Waals surface area contributed by atoms with Gasteiger partial charge in [-0.05, 0) is 56.3 Å². The average molecular weight is 375 g/mol.